The summed E-state index contributed by atoms with van der Waals surface area (Å²) >= 11 is 0. The van der Waals surface area contributed by atoms with E-state index in [9.17, 15) is 4.79 Å². The molecule has 1 heterocycles. The van der Waals surface area contributed by atoms with Crippen LogP contribution in [0.3, 0.4) is 0 Å². The maximum Gasteiger partial charge on any atom is 0.252 e. The first-order chi connectivity index (χ1) is 9.99. The van der Waals surface area contributed by atoms with Crippen molar-refractivity contribution in [3.05, 3.63) is 46.0 Å². The molecule has 0 radical (unpaired) electrons. The number of nitrogen functional groups attached to an aromatic ring is 1. The van der Waals surface area contributed by atoms with Gasteiger partial charge < -0.3 is 20.8 Å². The van der Waals surface area contributed by atoms with E-state index in [0.717, 1.165) is 5.56 Å². The summed E-state index contributed by atoms with van der Waals surface area (Å²) in [6.45, 7) is 4.49. The molecule has 0 aliphatic rings. The minimum atomic E-state index is -0.162. The monoisotopic (exact) mass is 288 g/mol. The van der Waals surface area contributed by atoms with Crippen molar-refractivity contribution in [3.63, 3.8) is 0 Å². The first-order valence-corrected chi connectivity index (χ1v) is 6.77. The number of aromatic amines is 1. The summed E-state index contributed by atoms with van der Waals surface area (Å²) in [7, 11) is 1.58. The van der Waals surface area contributed by atoms with E-state index in [2.05, 4.69) is 15.3 Å². The Morgan fingerprint density at radius 2 is 2.14 bits per heavy atom. The Kier molecular flexibility index (Phi) is 4.47. The summed E-state index contributed by atoms with van der Waals surface area (Å²) < 4.78 is 5.12. The Balaban J connectivity index is 2.13. The minimum absolute atomic E-state index is 0.162. The number of ether oxygens (including phenoxy) is 1. The Morgan fingerprint density at radius 1 is 1.38 bits per heavy atom. The van der Waals surface area contributed by atoms with Crippen molar-refractivity contribution < 1.29 is 4.74 Å². The molecule has 0 saturated heterocycles. The maximum atomic E-state index is 11.6. The van der Waals surface area contributed by atoms with E-state index in [1.165, 1.54) is 6.07 Å². The summed E-state index contributed by atoms with van der Waals surface area (Å²) in [6.07, 6.45) is 0. The number of hydrogen-bond donors (Lipinski definition) is 3. The molecule has 0 aliphatic carbocycles. The molecule has 6 heteroatoms. The number of methoxy groups -OCH3 is 1. The van der Waals surface area contributed by atoms with Crippen molar-refractivity contribution in [2.24, 2.45) is 0 Å². The number of nitrogens with zero attached hydrogens (tertiary/aromatic N) is 1. The van der Waals surface area contributed by atoms with Gasteiger partial charge in [-0.05, 0) is 17.7 Å². The van der Waals surface area contributed by atoms with Crippen LogP contribution in [0.2, 0.25) is 0 Å². The van der Waals surface area contributed by atoms with Crippen molar-refractivity contribution in [1.82, 2.24) is 9.97 Å². The van der Waals surface area contributed by atoms with Crippen molar-refractivity contribution >= 4 is 11.5 Å². The molecule has 0 bridgehead atoms. The molecular weight excluding hydrogens is 268 g/mol. The fraction of sp³-hybridized carbons (Fsp3) is 0.333. The zero-order valence-electron chi connectivity index (χ0n) is 12.4. The number of H-pyrrole nitrogens is 1. The van der Waals surface area contributed by atoms with E-state index in [0.29, 0.717) is 29.6 Å². The Hall–Kier alpha value is -2.50. The predicted molar refractivity (Wildman–Crippen MR) is 83.7 cm³/mol. The van der Waals surface area contributed by atoms with Crippen molar-refractivity contribution in [1.29, 1.82) is 0 Å². The molecule has 0 atom stereocenters. The van der Waals surface area contributed by atoms with E-state index in [1.807, 2.05) is 32.0 Å². The Bertz CT molecular complexity index is 680. The van der Waals surface area contributed by atoms with Crippen molar-refractivity contribution in [2.75, 3.05) is 18.2 Å². The lowest BCUT2D eigenvalue weighted by Crippen LogP contribution is -2.14. The van der Waals surface area contributed by atoms with Crippen LogP contribution in [0.4, 0.5) is 11.5 Å². The van der Waals surface area contributed by atoms with Crippen LogP contribution in [-0.4, -0.2) is 17.1 Å². The summed E-state index contributed by atoms with van der Waals surface area (Å²) in [5.74, 6) is 2.03. The van der Waals surface area contributed by atoms with Crippen molar-refractivity contribution in [2.45, 2.75) is 26.3 Å². The van der Waals surface area contributed by atoms with Crippen molar-refractivity contribution in [3.8, 4) is 5.75 Å². The molecule has 4 N–H and O–H groups in total. The predicted octanol–water partition coefficient (Wildman–Crippen LogP) is 2.10. The summed E-state index contributed by atoms with van der Waals surface area (Å²) in [5, 5.41) is 3.13. The van der Waals surface area contributed by atoms with Gasteiger partial charge in [-0.3, -0.25) is 4.79 Å². The van der Waals surface area contributed by atoms with E-state index in [1.54, 1.807) is 7.11 Å². The van der Waals surface area contributed by atoms with Crippen LogP contribution in [0, 0.1) is 0 Å². The zero-order valence-corrected chi connectivity index (χ0v) is 12.4. The third-order valence-electron chi connectivity index (χ3n) is 3.07. The van der Waals surface area contributed by atoms with Gasteiger partial charge in [0.2, 0.25) is 0 Å². The normalized spacial score (nSPS) is 10.7. The van der Waals surface area contributed by atoms with Crippen LogP contribution in [-0.2, 0) is 6.54 Å². The Morgan fingerprint density at radius 3 is 2.76 bits per heavy atom. The van der Waals surface area contributed by atoms with Gasteiger partial charge in [0.1, 0.15) is 17.4 Å². The molecule has 0 saturated carbocycles. The highest BCUT2D eigenvalue weighted by Gasteiger charge is 2.06. The lowest BCUT2D eigenvalue weighted by Gasteiger charge is -2.10. The zero-order chi connectivity index (χ0) is 15.4. The van der Waals surface area contributed by atoms with E-state index < -0.39 is 0 Å². The average molecular weight is 288 g/mol. The van der Waals surface area contributed by atoms with Gasteiger partial charge >= 0.3 is 0 Å². The third-order valence-corrected chi connectivity index (χ3v) is 3.07. The first kappa shape index (κ1) is 14.9. The largest absolute Gasteiger partial charge is 0.495 e. The van der Waals surface area contributed by atoms with Gasteiger partial charge in [-0.1, -0.05) is 19.9 Å². The second-order valence-corrected chi connectivity index (χ2v) is 5.10. The molecule has 0 spiro atoms. The molecular formula is C15H20N4O2. The number of nitrogens with one attached hydrogen (secondary N) is 2. The average Bonchev–Trinajstić information content (AvgIpc) is 2.44. The van der Waals surface area contributed by atoms with Crippen LogP contribution in [0.5, 0.6) is 5.75 Å². The first-order valence-electron chi connectivity index (χ1n) is 6.77. The van der Waals surface area contributed by atoms with E-state index >= 15 is 0 Å². The fourth-order valence-electron chi connectivity index (χ4n) is 1.93. The van der Waals surface area contributed by atoms with Crippen LogP contribution in [0.1, 0.15) is 31.2 Å². The fourth-order valence-corrected chi connectivity index (χ4v) is 1.93. The Labute approximate surface area is 123 Å². The molecule has 2 aromatic rings. The number of benzene rings is 1. The van der Waals surface area contributed by atoms with Gasteiger partial charge in [-0.25, -0.2) is 4.98 Å². The second kappa shape index (κ2) is 6.30. The quantitative estimate of drug-likeness (QED) is 0.733. The van der Waals surface area contributed by atoms with E-state index in [4.69, 9.17) is 10.5 Å². The number of hydrogen-bond acceptors (Lipinski definition) is 5. The third kappa shape index (κ3) is 3.75. The van der Waals surface area contributed by atoms with Gasteiger partial charge in [-0.15, -0.1) is 0 Å². The highest BCUT2D eigenvalue weighted by molar-refractivity contribution is 5.54. The standard InChI is InChI=1S/C15H20N4O2/c1-9(2)15-18-13(7-14(20)19-15)17-8-10-4-5-12(21-3)11(16)6-10/h4-7,9H,8,16H2,1-3H3,(H2,17,18,19,20). The number of aromatic nitrogens is 2. The summed E-state index contributed by atoms with van der Waals surface area (Å²) in [6, 6.07) is 7.01. The lowest BCUT2D eigenvalue weighted by molar-refractivity contribution is 0.417. The smallest absolute Gasteiger partial charge is 0.252 e. The highest BCUT2D eigenvalue weighted by atomic mass is 16.5. The van der Waals surface area contributed by atoms with E-state index in [-0.39, 0.29) is 11.5 Å². The van der Waals surface area contributed by atoms with Crippen LogP contribution >= 0.6 is 0 Å². The molecule has 0 aliphatic heterocycles. The van der Waals surface area contributed by atoms with Gasteiger partial charge in [-0.2, -0.15) is 0 Å². The van der Waals surface area contributed by atoms with Crippen LogP contribution in [0.15, 0.2) is 29.1 Å². The maximum absolute atomic E-state index is 11.6. The number of nitrogens with two attached hydrogens (primary N) is 1. The molecule has 112 valence electrons. The molecule has 0 unspecified atom stereocenters. The van der Waals surface area contributed by atoms with Gasteiger partial charge in [0.05, 0.1) is 12.8 Å². The summed E-state index contributed by atoms with van der Waals surface area (Å²) in [4.78, 5) is 18.7. The SMILES string of the molecule is COc1ccc(CNc2cc(=O)[nH]c(C(C)C)n2)cc1N. The van der Waals surface area contributed by atoms with Crippen LogP contribution in [0.25, 0.3) is 0 Å². The number of rotatable bonds is 5. The molecule has 21 heavy (non-hydrogen) atoms. The second-order valence-electron chi connectivity index (χ2n) is 5.10. The molecule has 1 aromatic carbocycles. The highest BCUT2D eigenvalue weighted by Crippen LogP contribution is 2.22. The van der Waals surface area contributed by atoms with Gasteiger partial charge in [0.25, 0.3) is 5.56 Å². The lowest BCUT2D eigenvalue weighted by atomic mass is 10.2. The minimum Gasteiger partial charge on any atom is -0.495 e. The molecule has 0 fully saturated rings. The molecule has 2 rings (SSSR count). The summed E-state index contributed by atoms with van der Waals surface area (Å²) in [5.41, 5.74) is 7.27. The molecule has 6 nitrogen and oxygen atoms in total. The topological polar surface area (TPSA) is 93.0 Å². The van der Waals surface area contributed by atoms with Crippen LogP contribution < -0.4 is 21.3 Å². The number of anilines is 2. The molecule has 1 aromatic heterocycles. The van der Waals surface area contributed by atoms with Gasteiger partial charge in [0, 0.05) is 18.5 Å². The molecule has 0 amide bonds. The van der Waals surface area contributed by atoms with Gasteiger partial charge in [0.15, 0.2) is 0 Å².